The second kappa shape index (κ2) is 14.1. The highest BCUT2D eigenvalue weighted by atomic mass is 32.3. The molecule has 2 amide bonds. The highest BCUT2D eigenvalue weighted by Gasteiger charge is 2.25. The molecule has 3 aromatic carbocycles. The zero-order valence-electron chi connectivity index (χ0n) is 27.7. The summed E-state index contributed by atoms with van der Waals surface area (Å²) in [5.74, 6) is 0.0278. The predicted molar refractivity (Wildman–Crippen MR) is 190 cm³/mol. The molecule has 0 bridgehead atoms. The fourth-order valence-corrected chi connectivity index (χ4v) is 8.51. The van der Waals surface area contributed by atoms with Gasteiger partial charge in [0.05, 0.1) is 43.1 Å². The van der Waals surface area contributed by atoms with E-state index in [0.717, 1.165) is 66.7 Å². The van der Waals surface area contributed by atoms with Gasteiger partial charge in [0.1, 0.15) is 0 Å². The van der Waals surface area contributed by atoms with E-state index in [4.69, 9.17) is 14.5 Å². The minimum absolute atomic E-state index is 0.00301. The van der Waals surface area contributed by atoms with E-state index in [1.807, 2.05) is 69.4 Å². The first kappa shape index (κ1) is 35.1. The molecule has 1 saturated heterocycles. The van der Waals surface area contributed by atoms with Crippen molar-refractivity contribution in [2.24, 2.45) is 0 Å². The van der Waals surface area contributed by atoms with Crippen LogP contribution in [-0.2, 0) is 36.6 Å². The summed E-state index contributed by atoms with van der Waals surface area (Å²) in [6, 6.07) is 18.3. The SMILES string of the molecule is COc1c(NC(=O)Nc2ccc(-c3ccc(CN4CCOCC4)nc3)c3ccccc23)cc(C(C)(C)C)cc1NS(=O)(=O)CS(C)(=O)=O. The molecule has 0 aliphatic carbocycles. The molecule has 2 heterocycles. The third-order valence-electron chi connectivity index (χ3n) is 7.84. The van der Waals surface area contributed by atoms with Crippen LogP contribution in [0.25, 0.3) is 21.9 Å². The van der Waals surface area contributed by atoms with Crippen molar-refractivity contribution in [2.45, 2.75) is 32.7 Å². The molecule has 14 heteroatoms. The number of hydrogen-bond donors (Lipinski definition) is 3. The molecule has 0 radical (unpaired) electrons. The number of sulfonamides is 1. The molecule has 1 aliphatic heterocycles. The predicted octanol–water partition coefficient (Wildman–Crippen LogP) is 5.43. The van der Waals surface area contributed by atoms with Crippen molar-refractivity contribution in [3.05, 3.63) is 78.1 Å². The van der Waals surface area contributed by atoms with Crippen LogP contribution in [0.2, 0.25) is 0 Å². The summed E-state index contributed by atoms with van der Waals surface area (Å²) in [4.78, 5) is 20.5. The molecule has 1 fully saturated rings. The molecule has 0 unspecified atom stereocenters. The van der Waals surface area contributed by atoms with Gasteiger partial charge in [-0.2, -0.15) is 0 Å². The Bertz CT molecular complexity index is 2020. The number of carbonyl (C=O) groups is 1. The largest absolute Gasteiger partial charge is 0.492 e. The number of methoxy groups -OCH3 is 1. The van der Waals surface area contributed by atoms with E-state index in [1.54, 1.807) is 12.1 Å². The van der Waals surface area contributed by atoms with E-state index >= 15 is 0 Å². The Morgan fingerprint density at radius 2 is 1.58 bits per heavy atom. The molecule has 0 atom stereocenters. The smallest absolute Gasteiger partial charge is 0.323 e. The van der Waals surface area contributed by atoms with Crippen molar-refractivity contribution in [1.29, 1.82) is 0 Å². The standard InChI is InChI=1S/C34H41N5O7S2/c1-34(2,3)24-18-30(32(45-4)31(19-24)38-48(43,44)22-47(5,41)42)37-33(40)36-29-13-12-26(27-8-6-7-9-28(27)29)23-10-11-25(35-20-23)21-39-14-16-46-17-15-39/h6-13,18-20,38H,14-17,21-22H2,1-5H3,(H2,36,37,40). The first-order chi connectivity index (χ1) is 22.6. The Kier molecular flexibility index (Phi) is 10.3. The van der Waals surface area contributed by atoms with Gasteiger partial charge in [0.25, 0.3) is 0 Å². The number of carbonyl (C=O) groups excluding carboxylic acids is 1. The average molecular weight is 696 g/mol. The van der Waals surface area contributed by atoms with Crippen molar-refractivity contribution in [1.82, 2.24) is 9.88 Å². The third-order valence-corrected chi connectivity index (χ3v) is 11.3. The van der Waals surface area contributed by atoms with Gasteiger partial charge in [-0.25, -0.2) is 21.6 Å². The van der Waals surface area contributed by atoms with Crippen molar-refractivity contribution in [3.63, 3.8) is 0 Å². The zero-order valence-corrected chi connectivity index (χ0v) is 29.3. The van der Waals surface area contributed by atoms with E-state index in [9.17, 15) is 21.6 Å². The van der Waals surface area contributed by atoms with E-state index in [1.165, 1.54) is 7.11 Å². The number of urea groups is 1. The fraction of sp³-hybridized carbons (Fsp3) is 0.353. The third kappa shape index (κ3) is 8.81. The zero-order chi connectivity index (χ0) is 34.7. The molecule has 3 N–H and O–H groups in total. The molecule has 1 aromatic heterocycles. The van der Waals surface area contributed by atoms with Crippen molar-refractivity contribution in [2.75, 3.05) is 60.1 Å². The Morgan fingerprint density at radius 1 is 0.917 bits per heavy atom. The Morgan fingerprint density at radius 3 is 2.21 bits per heavy atom. The summed E-state index contributed by atoms with van der Waals surface area (Å²) in [6.07, 6.45) is 2.70. The molecular weight excluding hydrogens is 655 g/mol. The van der Waals surface area contributed by atoms with Gasteiger partial charge in [0.2, 0.25) is 10.0 Å². The Hall–Kier alpha value is -4.24. The highest BCUT2D eigenvalue weighted by Crippen LogP contribution is 2.40. The van der Waals surface area contributed by atoms with Crippen LogP contribution >= 0.6 is 0 Å². The normalized spacial score (nSPS) is 14.4. The summed E-state index contributed by atoms with van der Waals surface area (Å²) >= 11 is 0. The topological polar surface area (TPSA) is 156 Å². The van der Waals surface area contributed by atoms with Crippen LogP contribution < -0.4 is 20.1 Å². The number of rotatable bonds is 10. The number of hydrogen-bond acceptors (Lipinski definition) is 9. The van der Waals surface area contributed by atoms with Gasteiger partial charge in [-0.1, -0.05) is 57.2 Å². The Labute approximate surface area is 281 Å². The summed E-state index contributed by atoms with van der Waals surface area (Å²) in [5, 5.41) is 6.35. The van der Waals surface area contributed by atoms with Crippen LogP contribution in [0.4, 0.5) is 21.9 Å². The van der Waals surface area contributed by atoms with E-state index < -0.39 is 36.4 Å². The fourth-order valence-electron chi connectivity index (χ4n) is 5.53. The number of amides is 2. The minimum atomic E-state index is -4.30. The minimum Gasteiger partial charge on any atom is -0.492 e. The number of ether oxygens (including phenoxy) is 2. The molecule has 12 nitrogen and oxygen atoms in total. The monoisotopic (exact) mass is 695 g/mol. The lowest BCUT2D eigenvalue weighted by Crippen LogP contribution is -2.35. The molecule has 48 heavy (non-hydrogen) atoms. The summed E-state index contributed by atoms with van der Waals surface area (Å²) < 4.78 is 62.2. The van der Waals surface area contributed by atoms with E-state index in [-0.39, 0.29) is 17.1 Å². The van der Waals surface area contributed by atoms with Crippen LogP contribution in [0, 0.1) is 0 Å². The van der Waals surface area contributed by atoms with Gasteiger partial charge in [-0.15, -0.1) is 0 Å². The highest BCUT2D eigenvalue weighted by molar-refractivity contribution is 8.08. The first-order valence-electron chi connectivity index (χ1n) is 15.4. The van der Waals surface area contributed by atoms with Gasteiger partial charge in [0.15, 0.2) is 20.7 Å². The van der Waals surface area contributed by atoms with Crippen molar-refractivity contribution < 1.29 is 31.1 Å². The van der Waals surface area contributed by atoms with Crippen LogP contribution in [0.1, 0.15) is 32.0 Å². The van der Waals surface area contributed by atoms with Gasteiger partial charge < -0.3 is 20.1 Å². The lowest BCUT2D eigenvalue weighted by Gasteiger charge is -2.26. The number of nitrogens with one attached hydrogen (secondary N) is 3. The van der Waals surface area contributed by atoms with Crippen LogP contribution in [0.5, 0.6) is 5.75 Å². The number of aromatic nitrogens is 1. The van der Waals surface area contributed by atoms with E-state index in [0.29, 0.717) is 11.3 Å². The maximum absolute atomic E-state index is 13.5. The molecule has 0 saturated carbocycles. The van der Waals surface area contributed by atoms with Gasteiger partial charge >= 0.3 is 6.03 Å². The lowest BCUT2D eigenvalue weighted by atomic mass is 9.86. The number of anilines is 3. The number of fused-ring (bicyclic) bond motifs is 1. The van der Waals surface area contributed by atoms with Gasteiger partial charge in [0, 0.05) is 43.0 Å². The number of benzene rings is 3. The second-order valence-corrected chi connectivity index (χ2v) is 17.1. The van der Waals surface area contributed by atoms with Crippen LogP contribution in [-0.4, -0.2) is 77.5 Å². The quantitative estimate of drug-likeness (QED) is 0.197. The summed E-state index contributed by atoms with van der Waals surface area (Å²) in [7, 11) is -6.82. The molecule has 256 valence electrons. The first-order valence-corrected chi connectivity index (χ1v) is 19.1. The summed E-state index contributed by atoms with van der Waals surface area (Å²) in [6.45, 7) is 9.77. The molecule has 4 aromatic rings. The number of morpholine rings is 1. The van der Waals surface area contributed by atoms with Crippen LogP contribution in [0.3, 0.4) is 0 Å². The molecule has 0 spiro atoms. The number of nitrogens with zero attached hydrogens (tertiary/aromatic N) is 2. The average Bonchev–Trinajstić information content (AvgIpc) is 3.00. The maximum Gasteiger partial charge on any atom is 0.323 e. The lowest BCUT2D eigenvalue weighted by molar-refractivity contribution is 0.0336. The van der Waals surface area contributed by atoms with Gasteiger partial charge in [-0.05, 0) is 46.2 Å². The van der Waals surface area contributed by atoms with E-state index in [2.05, 4.69) is 26.3 Å². The second-order valence-electron chi connectivity index (χ2n) is 12.8. The van der Waals surface area contributed by atoms with Crippen LogP contribution in [0.15, 0.2) is 66.9 Å². The number of pyridine rings is 1. The van der Waals surface area contributed by atoms with Gasteiger partial charge in [-0.3, -0.25) is 14.6 Å². The Balaban J connectivity index is 1.41. The van der Waals surface area contributed by atoms with Crippen molar-refractivity contribution in [3.8, 4) is 16.9 Å². The molecule has 1 aliphatic rings. The molecular formula is C34H41N5O7S2. The van der Waals surface area contributed by atoms with Crippen molar-refractivity contribution >= 4 is 53.7 Å². The summed E-state index contributed by atoms with van der Waals surface area (Å²) in [5.41, 5.74) is 3.87. The molecule has 5 rings (SSSR count). The number of sulfone groups is 1. The maximum atomic E-state index is 13.5.